The molecule has 0 spiro atoms. The van der Waals surface area contributed by atoms with Gasteiger partial charge in [0.2, 0.25) is 0 Å². The Morgan fingerprint density at radius 1 is 0.750 bits per heavy atom. The van der Waals surface area contributed by atoms with Gasteiger partial charge in [-0.15, -0.1) is 12.4 Å². The van der Waals surface area contributed by atoms with Crippen molar-refractivity contribution in [2.75, 3.05) is 0 Å². The summed E-state index contributed by atoms with van der Waals surface area (Å²) in [5.74, 6) is 5.08. The van der Waals surface area contributed by atoms with E-state index in [1.54, 1.807) is 0 Å². The van der Waals surface area contributed by atoms with Gasteiger partial charge in [-0.3, -0.25) is 0 Å². The van der Waals surface area contributed by atoms with Crippen LogP contribution in [0.4, 0.5) is 0 Å². The topological polar surface area (TPSA) is 360 Å². The molecule has 0 aliphatic carbocycles. The number of nitrogens with zero attached hydrogens (tertiary/aromatic N) is 5. The molecule has 286 valence electrons. The fourth-order valence-electron chi connectivity index (χ4n) is 4.20. The summed E-state index contributed by atoms with van der Waals surface area (Å²) in [7, 11) is -5.52. The number of benzene rings is 3. The van der Waals surface area contributed by atoms with E-state index in [9.17, 15) is 0 Å². The van der Waals surface area contributed by atoms with Gasteiger partial charge in [0.25, 0.3) is 0 Å². The van der Waals surface area contributed by atoms with E-state index in [0.29, 0.717) is 0 Å². The molecule has 3 aromatic carbocycles. The van der Waals surface area contributed by atoms with Crippen molar-refractivity contribution in [1.29, 1.82) is 42.6 Å². The van der Waals surface area contributed by atoms with Crippen LogP contribution in [0.3, 0.4) is 0 Å². The molecule has 0 aliphatic rings. The third-order valence-corrected chi connectivity index (χ3v) is 25.5. The maximum atomic E-state index is 7.47. The van der Waals surface area contributed by atoms with Gasteiger partial charge in [0.05, 0.1) is 8.07 Å². The van der Waals surface area contributed by atoms with Crippen LogP contribution in [-0.2, 0) is 18.1 Å². The average molecular weight is 875 g/mol. The molecule has 0 amide bonds. The van der Waals surface area contributed by atoms with Crippen molar-refractivity contribution in [3.63, 3.8) is 0 Å². The zero-order valence-corrected chi connectivity index (χ0v) is 39.4. The number of rotatable bonds is 11. The van der Waals surface area contributed by atoms with E-state index in [1.807, 2.05) is 13.1 Å². The van der Waals surface area contributed by atoms with Crippen molar-refractivity contribution in [3.8, 4) is 0 Å². The second-order valence-electron chi connectivity index (χ2n) is 9.56. The van der Waals surface area contributed by atoms with Crippen LogP contribution in [-0.4, -0.2) is 68.8 Å². The average Bonchev–Trinajstić information content (AvgIpc) is 3.07. The monoisotopic (exact) mass is 873 g/mol. The maximum absolute atomic E-state index is 7.47. The Morgan fingerprint density at radius 3 is 1.12 bits per heavy atom. The zero-order chi connectivity index (χ0) is 35.9. The molecule has 3 aromatic rings. The summed E-state index contributed by atoms with van der Waals surface area (Å²) in [4.78, 5) is 0. The largest absolute Gasteiger partial charge is 0.693 e. The molecule has 0 aliphatic heterocycles. The van der Waals surface area contributed by atoms with Crippen LogP contribution in [0.25, 0.3) is 6.15 Å². The molecule has 0 saturated carbocycles. The molecule has 0 unspecified atom stereocenters. The van der Waals surface area contributed by atoms with Gasteiger partial charge in [0.1, 0.15) is 17.7 Å². The number of halogens is 3. The summed E-state index contributed by atoms with van der Waals surface area (Å²) in [6.45, 7) is 7.02. The summed E-state index contributed by atoms with van der Waals surface area (Å²) in [6.07, 6.45) is 0. The van der Waals surface area contributed by atoms with E-state index < -0.39 is 31.2 Å². The molecule has 14 nitrogen and oxygen atoms in total. The maximum Gasteiger partial charge on any atom is 0.0467 e. The first kappa shape index (κ1) is 70.7. The molecule has 0 radical (unpaired) electrons. The first-order valence-electron chi connectivity index (χ1n) is 14.0. The van der Waals surface area contributed by atoms with E-state index in [1.165, 1.54) is 34.8 Å². The van der Waals surface area contributed by atoms with Gasteiger partial charge >= 0.3 is 80.1 Å². The second kappa shape index (κ2) is 46.2. The Labute approximate surface area is 338 Å². The van der Waals surface area contributed by atoms with Crippen molar-refractivity contribution in [3.05, 3.63) is 121 Å². The van der Waals surface area contributed by atoms with Gasteiger partial charge in [-0.05, 0) is 18.1 Å². The fourth-order valence-corrected chi connectivity index (χ4v) is 17.5. The van der Waals surface area contributed by atoms with E-state index >= 15 is 0 Å². The van der Waals surface area contributed by atoms with E-state index in [4.69, 9.17) is 76.0 Å². The summed E-state index contributed by atoms with van der Waals surface area (Å²) in [6, 6.07) is 36.7. The Bertz CT molecular complexity index is 1230. The molecule has 0 aromatic heterocycles. The standard InChI is InChI=1S/C22H24Si.2CH5ClSi.CH4.CH3.B3H8N7Si3.ClH.2N2.2H3N.H2N/c1-23(17-20-11-5-2-6-12-20,18-21-13-7-3-8-14-21)19-22-15-9-4-10-16-22;2*1-3-2;;;4-1-11(10-7)13(2-5,3-6)12(8)9;;2*1-2;;;/h2-16H,17-19H2,1H3;2*3H2,1H3;1H4;1H3;4-6,8H,7,9H2;1H;;;2*1H3;1H2/q;;;;+1;;;;;;;-1/p+1/b;;;;;11-10+,12-8?;;;;;;. The molecule has 17 N–H and O–H groups in total. The quantitative estimate of drug-likeness (QED) is 0.0252. The molecular weight excluding hydrogens is 816 g/mol. The molecule has 3 rings (SSSR count). The summed E-state index contributed by atoms with van der Waals surface area (Å²) in [5.41, 5.74) is 4.44. The SMILES string of the molecule is C.C[SiH2]Cl.C[SiH2]Cl.C[Si](Cc1ccccc1)(Cc1ccccc1)Cc1ccccc1.Cl.N.N#N.N#N.N=B/[Si](=N\N)[Si](B=N)(B=N)[Si](=N)N.[CH3+].[NH2-].[NH4+]. The Morgan fingerprint density at radius 2 is 0.981 bits per heavy atom. The molecule has 0 fully saturated rings. The van der Waals surface area contributed by atoms with Crippen LogP contribution in [0.5, 0.6) is 0 Å². The van der Waals surface area contributed by atoms with Gasteiger partial charge in [-0.2, -0.15) is 22.2 Å². The number of quaternary nitrogens is 1. The van der Waals surface area contributed by atoms with Gasteiger partial charge in [0, 0.05) is 29.0 Å². The van der Waals surface area contributed by atoms with E-state index in [0.717, 1.165) is 20.0 Å². The van der Waals surface area contributed by atoms with Gasteiger partial charge in [-0.1, -0.05) is 135 Å². The van der Waals surface area contributed by atoms with E-state index in [-0.39, 0.29) is 63.4 Å². The van der Waals surface area contributed by atoms with Crippen molar-refractivity contribution in [1.82, 2.24) is 12.3 Å². The smallest absolute Gasteiger partial charge is 0.0467 e. The second-order valence-corrected chi connectivity index (χ2v) is 32.6. The molecule has 0 atom stereocenters. The Hall–Kier alpha value is -2.78. The van der Waals surface area contributed by atoms with Gasteiger partial charge < -0.3 is 18.5 Å². The Balaban J connectivity index is -0.0000000793. The van der Waals surface area contributed by atoms with Gasteiger partial charge in [0.15, 0.2) is 0 Å². The molecule has 26 heteroatoms. The van der Waals surface area contributed by atoms with Crippen LogP contribution in [0, 0.1) is 50.0 Å². The molecule has 0 saturated heterocycles. The minimum Gasteiger partial charge on any atom is -0.693 e. The van der Waals surface area contributed by atoms with Crippen LogP contribution >= 0.6 is 34.6 Å². The predicted octanol–water partition coefficient (Wildman–Crippen LogP) is 6.86. The van der Waals surface area contributed by atoms with Crippen LogP contribution in [0.1, 0.15) is 24.1 Å². The molecule has 52 heavy (non-hydrogen) atoms. The minimum atomic E-state index is -2.75. The summed E-state index contributed by atoms with van der Waals surface area (Å²) >= 11 is 10.3. The third-order valence-electron chi connectivity index (χ3n) is 6.02. The third kappa shape index (κ3) is 29.8. The molecule has 0 bridgehead atoms. The van der Waals surface area contributed by atoms with Crippen molar-refractivity contribution in [2.24, 2.45) is 16.0 Å². The fraction of sp³-hybridized carbons (Fsp3) is 0.269. The van der Waals surface area contributed by atoms with Crippen molar-refractivity contribution in [2.45, 2.75) is 45.2 Å². The van der Waals surface area contributed by atoms with Crippen molar-refractivity contribution < 1.29 is 0 Å². The predicted molar refractivity (Wildman–Crippen MR) is 242 cm³/mol. The number of nitrogens with one attached hydrogen (secondary N) is 4. The Kier molecular flexibility index (Phi) is 62.9. The zero-order valence-electron chi connectivity index (χ0n) is 30.3. The van der Waals surface area contributed by atoms with Crippen molar-refractivity contribution >= 4 is 103 Å². The van der Waals surface area contributed by atoms with Crippen LogP contribution in [0.2, 0.25) is 19.6 Å². The summed E-state index contributed by atoms with van der Waals surface area (Å²) in [5, 5.41) is 58.4. The first-order chi connectivity index (χ1) is 22.1. The number of nitrogens with two attached hydrogens (primary N) is 3. The first-order valence-corrected chi connectivity index (χ1v) is 31.4. The van der Waals surface area contributed by atoms with Crippen LogP contribution < -0.4 is 23.5 Å². The van der Waals surface area contributed by atoms with E-state index in [2.05, 4.69) is 102 Å². The number of hydrogen-bond acceptors (Lipinski definition) is 11. The van der Waals surface area contributed by atoms with Gasteiger partial charge in [-0.25, -0.2) is 0 Å². The molecule has 0 heterocycles. The molecular formula is C26H59B3Cl3N14Si6+. The summed E-state index contributed by atoms with van der Waals surface area (Å²) < 4.78 is 3.49. The number of hydrogen-bond donors (Lipinski definition) is 8. The normalized spacial score (nSPS) is 9.90. The van der Waals surface area contributed by atoms with Crippen LogP contribution in [0.15, 0.2) is 95.7 Å². The minimum absolute atomic E-state index is 0.